The Kier molecular flexibility index (Phi) is 7.13. The molecule has 0 atom stereocenters. The zero-order chi connectivity index (χ0) is 28.3. The van der Waals surface area contributed by atoms with Crippen molar-refractivity contribution in [2.45, 2.75) is 6.92 Å². The molecular weight excluding hydrogens is 508 g/mol. The highest BCUT2D eigenvalue weighted by Gasteiger charge is 2.24. The van der Waals surface area contributed by atoms with Crippen molar-refractivity contribution in [2.24, 2.45) is 0 Å². The zero-order valence-electron chi connectivity index (χ0n) is 23.3. The lowest BCUT2D eigenvalue weighted by atomic mass is 9.85. The van der Waals surface area contributed by atoms with Crippen LogP contribution in [0.3, 0.4) is 0 Å². The van der Waals surface area contributed by atoms with Gasteiger partial charge in [-0.05, 0) is 92.7 Å². The van der Waals surface area contributed by atoms with Gasteiger partial charge in [-0.2, -0.15) is 0 Å². The molecule has 0 fully saturated rings. The standard InChI is InChI=1S/C37H30O4/c1-4-41-37(38)36-34(30-13-11-28-23-32(40-3)17-15-26(28)21-30)19-18-33(35(36)24-8-6-5-7-9-24)29-12-10-27-22-31(39-2)16-14-25(27)20-29/h5-23H,4H2,1-3H3. The Morgan fingerprint density at radius 3 is 1.63 bits per heavy atom. The fourth-order valence-electron chi connectivity index (χ4n) is 5.44. The van der Waals surface area contributed by atoms with Gasteiger partial charge >= 0.3 is 5.97 Å². The molecule has 202 valence electrons. The number of ether oxygens (including phenoxy) is 3. The number of carbonyl (C=O) groups is 1. The highest BCUT2D eigenvalue weighted by molar-refractivity contribution is 6.09. The van der Waals surface area contributed by atoms with E-state index in [2.05, 4.69) is 48.5 Å². The first-order valence-electron chi connectivity index (χ1n) is 13.7. The molecule has 6 rings (SSSR count). The first-order valence-corrected chi connectivity index (χ1v) is 13.7. The summed E-state index contributed by atoms with van der Waals surface area (Å²) in [5.41, 5.74) is 6.11. The number of hydrogen-bond donors (Lipinski definition) is 0. The molecule has 0 saturated carbocycles. The van der Waals surface area contributed by atoms with Crippen molar-refractivity contribution in [1.82, 2.24) is 0 Å². The molecule has 4 nitrogen and oxygen atoms in total. The number of benzene rings is 6. The summed E-state index contributed by atoms with van der Waals surface area (Å²) in [5.74, 6) is 1.28. The molecule has 41 heavy (non-hydrogen) atoms. The van der Waals surface area contributed by atoms with Gasteiger partial charge in [0.05, 0.1) is 26.4 Å². The van der Waals surface area contributed by atoms with Gasteiger partial charge in [0.1, 0.15) is 11.5 Å². The van der Waals surface area contributed by atoms with Crippen LogP contribution < -0.4 is 9.47 Å². The van der Waals surface area contributed by atoms with E-state index in [1.807, 2.05) is 73.7 Å². The average Bonchev–Trinajstić information content (AvgIpc) is 3.03. The van der Waals surface area contributed by atoms with E-state index in [9.17, 15) is 4.79 Å². The summed E-state index contributed by atoms with van der Waals surface area (Å²) in [7, 11) is 3.34. The second-order valence-corrected chi connectivity index (χ2v) is 9.85. The first-order chi connectivity index (χ1) is 20.1. The van der Waals surface area contributed by atoms with Crippen molar-refractivity contribution in [3.05, 3.63) is 121 Å². The predicted molar refractivity (Wildman–Crippen MR) is 167 cm³/mol. The van der Waals surface area contributed by atoms with Crippen molar-refractivity contribution in [3.63, 3.8) is 0 Å². The summed E-state index contributed by atoms with van der Waals surface area (Å²) in [6.45, 7) is 2.12. The van der Waals surface area contributed by atoms with Crippen molar-refractivity contribution < 1.29 is 19.0 Å². The molecule has 0 aliphatic rings. The SMILES string of the molecule is CCOC(=O)c1c(-c2ccc3cc(OC)ccc3c2)ccc(-c2ccc3cc(OC)ccc3c2)c1-c1ccccc1. The van der Waals surface area contributed by atoms with Gasteiger partial charge in [0.15, 0.2) is 0 Å². The lowest BCUT2D eigenvalue weighted by Gasteiger charge is -2.20. The molecule has 0 saturated heterocycles. The van der Waals surface area contributed by atoms with Crippen LogP contribution in [0, 0.1) is 0 Å². The quantitative estimate of drug-likeness (QED) is 0.190. The smallest absolute Gasteiger partial charge is 0.339 e. The fraction of sp³-hybridized carbons (Fsp3) is 0.108. The summed E-state index contributed by atoms with van der Waals surface area (Å²) in [6.07, 6.45) is 0. The molecule has 0 radical (unpaired) electrons. The Morgan fingerprint density at radius 1 is 0.561 bits per heavy atom. The molecule has 0 aliphatic heterocycles. The maximum Gasteiger partial charge on any atom is 0.339 e. The van der Waals surface area contributed by atoms with Crippen molar-refractivity contribution in [3.8, 4) is 44.9 Å². The van der Waals surface area contributed by atoms with Crippen LogP contribution in [-0.2, 0) is 4.74 Å². The Hall–Kier alpha value is -5.09. The van der Waals surface area contributed by atoms with E-state index >= 15 is 0 Å². The Morgan fingerprint density at radius 2 is 1.07 bits per heavy atom. The highest BCUT2D eigenvalue weighted by atomic mass is 16.5. The van der Waals surface area contributed by atoms with E-state index in [1.165, 1.54) is 0 Å². The largest absolute Gasteiger partial charge is 0.497 e. The molecule has 4 heteroatoms. The van der Waals surface area contributed by atoms with Gasteiger partial charge in [-0.15, -0.1) is 0 Å². The van der Waals surface area contributed by atoms with Crippen LogP contribution in [0.2, 0.25) is 0 Å². The first kappa shape index (κ1) is 26.1. The highest BCUT2D eigenvalue weighted by Crippen LogP contribution is 2.42. The van der Waals surface area contributed by atoms with Gasteiger partial charge in [-0.25, -0.2) is 4.79 Å². The zero-order valence-corrected chi connectivity index (χ0v) is 23.3. The second-order valence-electron chi connectivity index (χ2n) is 9.85. The monoisotopic (exact) mass is 538 g/mol. The third kappa shape index (κ3) is 5.01. The topological polar surface area (TPSA) is 44.8 Å². The summed E-state index contributed by atoms with van der Waals surface area (Å²) in [4.78, 5) is 13.8. The summed E-state index contributed by atoms with van der Waals surface area (Å²) in [5, 5.41) is 4.31. The fourth-order valence-corrected chi connectivity index (χ4v) is 5.44. The van der Waals surface area contributed by atoms with Gasteiger partial charge in [-0.1, -0.05) is 78.9 Å². The van der Waals surface area contributed by atoms with Crippen LogP contribution in [0.4, 0.5) is 0 Å². The number of rotatable bonds is 7. The third-order valence-corrected chi connectivity index (χ3v) is 7.46. The predicted octanol–water partition coefficient (Wildman–Crippen LogP) is 9.19. The molecule has 0 amide bonds. The normalized spacial score (nSPS) is 11.0. The molecule has 0 aliphatic carbocycles. The van der Waals surface area contributed by atoms with Crippen molar-refractivity contribution in [1.29, 1.82) is 0 Å². The lowest BCUT2D eigenvalue weighted by molar-refractivity contribution is 0.0528. The van der Waals surface area contributed by atoms with E-state index in [-0.39, 0.29) is 12.6 Å². The maximum absolute atomic E-state index is 13.8. The molecule has 6 aromatic carbocycles. The van der Waals surface area contributed by atoms with E-state index < -0.39 is 0 Å². The molecular formula is C37H30O4. The molecule has 0 unspecified atom stereocenters. The van der Waals surface area contributed by atoms with Crippen LogP contribution >= 0.6 is 0 Å². The van der Waals surface area contributed by atoms with Crippen LogP contribution in [-0.4, -0.2) is 26.8 Å². The molecule has 0 bridgehead atoms. The Bertz CT molecular complexity index is 1890. The number of esters is 1. The molecule has 0 N–H and O–H groups in total. The number of hydrogen-bond acceptors (Lipinski definition) is 4. The van der Waals surface area contributed by atoms with Crippen LogP contribution in [0.5, 0.6) is 11.5 Å². The molecule has 0 heterocycles. The Labute approximate surface area is 239 Å². The maximum atomic E-state index is 13.8. The second kappa shape index (κ2) is 11.2. The average molecular weight is 539 g/mol. The van der Waals surface area contributed by atoms with Crippen LogP contribution in [0.15, 0.2) is 115 Å². The summed E-state index contributed by atoms with van der Waals surface area (Å²) < 4.78 is 16.5. The van der Waals surface area contributed by atoms with Gasteiger partial charge in [0.2, 0.25) is 0 Å². The molecule has 0 aromatic heterocycles. The van der Waals surface area contributed by atoms with Crippen molar-refractivity contribution >= 4 is 27.5 Å². The summed E-state index contributed by atoms with van der Waals surface area (Å²) in [6, 6.07) is 38.9. The van der Waals surface area contributed by atoms with Crippen LogP contribution in [0.1, 0.15) is 17.3 Å². The Balaban J connectivity index is 1.61. The van der Waals surface area contributed by atoms with Gasteiger partial charge < -0.3 is 14.2 Å². The van der Waals surface area contributed by atoms with Gasteiger partial charge in [0.25, 0.3) is 0 Å². The van der Waals surface area contributed by atoms with Crippen LogP contribution in [0.25, 0.3) is 54.9 Å². The van der Waals surface area contributed by atoms with E-state index in [0.717, 1.165) is 66.4 Å². The minimum absolute atomic E-state index is 0.284. The van der Waals surface area contributed by atoms with Gasteiger partial charge in [0, 0.05) is 5.56 Å². The minimum Gasteiger partial charge on any atom is -0.497 e. The molecule has 6 aromatic rings. The van der Waals surface area contributed by atoms with Gasteiger partial charge in [-0.3, -0.25) is 0 Å². The van der Waals surface area contributed by atoms with E-state index in [0.29, 0.717) is 5.56 Å². The summed E-state index contributed by atoms with van der Waals surface area (Å²) >= 11 is 0. The van der Waals surface area contributed by atoms with Crippen molar-refractivity contribution in [2.75, 3.05) is 20.8 Å². The minimum atomic E-state index is -0.344. The number of carbonyl (C=O) groups excluding carboxylic acids is 1. The molecule has 0 spiro atoms. The number of methoxy groups -OCH3 is 2. The third-order valence-electron chi connectivity index (χ3n) is 7.46. The van der Waals surface area contributed by atoms with E-state index in [4.69, 9.17) is 14.2 Å². The number of fused-ring (bicyclic) bond motifs is 2. The van der Waals surface area contributed by atoms with E-state index in [1.54, 1.807) is 14.2 Å². The lowest BCUT2D eigenvalue weighted by Crippen LogP contribution is -2.10.